The van der Waals surface area contributed by atoms with Gasteiger partial charge in [-0.3, -0.25) is 14.5 Å². The number of methoxy groups -OCH3 is 1. The number of para-hydroxylation sites is 1. The topological polar surface area (TPSA) is 79.7 Å². The molecule has 1 fully saturated rings. The van der Waals surface area contributed by atoms with Gasteiger partial charge in [-0.15, -0.1) is 0 Å². The Morgan fingerprint density at radius 2 is 1.74 bits per heavy atom. The van der Waals surface area contributed by atoms with Gasteiger partial charge in [0.05, 0.1) is 22.9 Å². The SMILES string of the molecule is COc1ccccc1C1/C(=C(\O)c2ccc(F)cc2)C(=O)C(=O)N1c1nc2ccc(F)cc2s1. The molecule has 0 aliphatic carbocycles. The van der Waals surface area contributed by atoms with Gasteiger partial charge < -0.3 is 9.84 Å². The quantitative estimate of drug-likeness (QED) is 0.248. The maximum Gasteiger partial charge on any atom is 0.301 e. The van der Waals surface area contributed by atoms with E-state index in [-0.39, 0.29) is 16.3 Å². The molecule has 5 rings (SSSR count). The number of halogens is 2. The molecule has 1 saturated heterocycles. The highest BCUT2D eigenvalue weighted by Crippen LogP contribution is 2.46. The number of thiazole rings is 1. The van der Waals surface area contributed by atoms with Crippen molar-refractivity contribution in [1.82, 2.24) is 4.98 Å². The molecule has 1 atom stereocenters. The standard InChI is InChI=1S/C25H16F2N2O4S/c1-33-18-5-3-2-4-16(18)21-20(22(30)13-6-8-14(26)9-7-13)23(31)24(32)29(21)25-28-17-11-10-15(27)12-19(17)34-25/h2-12,21,30H,1H3/b22-20+. The summed E-state index contributed by atoms with van der Waals surface area (Å²) in [6.45, 7) is 0. The van der Waals surface area contributed by atoms with E-state index in [0.29, 0.717) is 21.5 Å². The van der Waals surface area contributed by atoms with E-state index < -0.39 is 35.1 Å². The first kappa shape index (κ1) is 21.7. The molecule has 1 N–H and O–H groups in total. The van der Waals surface area contributed by atoms with Gasteiger partial charge in [0.1, 0.15) is 29.2 Å². The Labute approximate surface area is 196 Å². The second kappa shape index (κ2) is 8.35. The summed E-state index contributed by atoms with van der Waals surface area (Å²) in [4.78, 5) is 32.1. The molecule has 0 radical (unpaired) electrons. The number of hydrogen-bond acceptors (Lipinski definition) is 6. The molecule has 170 valence electrons. The molecular weight excluding hydrogens is 462 g/mol. The number of aliphatic hydroxyl groups is 1. The van der Waals surface area contributed by atoms with Crippen molar-refractivity contribution in [2.75, 3.05) is 12.0 Å². The fourth-order valence-electron chi connectivity index (χ4n) is 3.97. The van der Waals surface area contributed by atoms with E-state index in [1.165, 1.54) is 42.3 Å². The van der Waals surface area contributed by atoms with Crippen molar-refractivity contribution >= 4 is 44.1 Å². The van der Waals surface area contributed by atoms with Crippen molar-refractivity contribution in [2.24, 2.45) is 0 Å². The number of amides is 1. The maximum atomic E-state index is 13.7. The van der Waals surface area contributed by atoms with E-state index in [9.17, 15) is 23.5 Å². The maximum absolute atomic E-state index is 13.7. The fraction of sp³-hybridized carbons (Fsp3) is 0.0800. The number of aliphatic hydroxyl groups excluding tert-OH is 1. The van der Waals surface area contributed by atoms with Crippen molar-refractivity contribution in [3.05, 3.63) is 95.1 Å². The van der Waals surface area contributed by atoms with Crippen LogP contribution in [0.2, 0.25) is 0 Å². The van der Waals surface area contributed by atoms with Gasteiger partial charge in [-0.2, -0.15) is 0 Å². The average Bonchev–Trinajstić information content (AvgIpc) is 3.36. The Hall–Kier alpha value is -4.11. The highest BCUT2D eigenvalue weighted by atomic mass is 32.1. The zero-order valence-electron chi connectivity index (χ0n) is 17.7. The minimum absolute atomic E-state index is 0.164. The molecule has 1 aliphatic rings. The number of aromatic nitrogens is 1. The monoisotopic (exact) mass is 478 g/mol. The second-order valence-corrected chi connectivity index (χ2v) is 8.54. The molecule has 4 aromatic rings. The number of Topliss-reactive ketones (excluding diaryl/α,β-unsaturated/α-hetero) is 1. The largest absolute Gasteiger partial charge is 0.507 e. The van der Waals surface area contributed by atoms with E-state index in [4.69, 9.17) is 4.74 Å². The molecule has 1 unspecified atom stereocenters. The van der Waals surface area contributed by atoms with Crippen molar-refractivity contribution in [2.45, 2.75) is 6.04 Å². The van der Waals surface area contributed by atoms with Gasteiger partial charge >= 0.3 is 5.91 Å². The molecule has 0 bridgehead atoms. The molecule has 3 aromatic carbocycles. The lowest BCUT2D eigenvalue weighted by Crippen LogP contribution is -2.29. The van der Waals surface area contributed by atoms with Gasteiger partial charge in [0, 0.05) is 11.1 Å². The summed E-state index contributed by atoms with van der Waals surface area (Å²) in [7, 11) is 1.45. The number of ketones is 1. The van der Waals surface area contributed by atoms with E-state index >= 15 is 0 Å². The van der Waals surface area contributed by atoms with Crippen molar-refractivity contribution in [3.8, 4) is 5.75 Å². The molecule has 0 saturated carbocycles. The van der Waals surface area contributed by atoms with Gasteiger partial charge in [0.2, 0.25) is 0 Å². The summed E-state index contributed by atoms with van der Waals surface area (Å²) < 4.78 is 33.2. The smallest absolute Gasteiger partial charge is 0.301 e. The number of ether oxygens (including phenoxy) is 1. The second-order valence-electron chi connectivity index (χ2n) is 7.53. The fourth-order valence-corrected chi connectivity index (χ4v) is 4.99. The zero-order valence-corrected chi connectivity index (χ0v) is 18.5. The van der Waals surface area contributed by atoms with Crippen LogP contribution in [0.25, 0.3) is 16.0 Å². The van der Waals surface area contributed by atoms with E-state index in [2.05, 4.69) is 4.98 Å². The lowest BCUT2D eigenvalue weighted by Gasteiger charge is -2.24. The zero-order chi connectivity index (χ0) is 24.0. The molecule has 9 heteroatoms. The third kappa shape index (κ3) is 3.50. The number of hydrogen-bond donors (Lipinski definition) is 1. The van der Waals surface area contributed by atoms with Gasteiger partial charge in [-0.25, -0.2) is 13.8 Å². The minimum Gasteiger partial charge on any atom is -0.507 e. The highest BCUT2D eigenvalue weighted by Gasteiger charge is 2.49. The summed E-state index contributed by atoms with van der Waals surface area (Å²) in [5.74, 6) is -2.87. The van der Waals surface area contributed by atoms with Crippen LogP contribution in [0.5, 0.6) is 5.75 Å². The number of carbonyl (C=O) groups is 2. The Bertz CT molecular complexity index is 1480. The van der Waals surface area contributed by atoms with Crippen LogP contribution in [0.1, 0.15) is 17.2 Å². The van der Waals surface area contributed by atoms with Gasteiger partial charge in [-0.05, 0) is 48.5 Å². The first-order valence-electron chi connectivity index (χ1n) is 10.1. The lowest BCUT2D eigenvalue weighted by molar-refractivity contribution is -0.132. The Morgan fingerprint density at radius 3 is 2.47 bits per heavy atom. The van der Waals surface area contributed by atoms with Crippen LogP contribution >= 0.6 is 11.3 Å². The summed E-state index contributed by atoms with van der Waals surface area (Å²) >= 11 is 1.05. The summed E-state index contributed by atoms with van der Waals surface area (Å²) in [5.41, 5.74) is 0.885. The Morgan fingerprint density at radius 1 is 1.03 bits per heavy atom. The molecule has 1 amide bonds. The summed E-state index contributed by atoms with van der Waals surface area (Å²) in [6.07, 6.45) is 0. The molecule has 0 spiro atoms. The number of fused-ring (bicyclic) bond motifs is 1. The van der Waals surface area contributed by atoms with Crippen LogP contribution < -0.4 is 9.64 Å². The first-order valence-corrected chi connectivity index (χ1v) is 11.0. The van der Waals surface area contributed by atoms with Gasteiger partial charge in [-0.1, -0.05) is 29.5 Å². The van der Waals surface area contributed by atoms with Crippen LogP contribution in [0.15, 0.2) is 72.3 Å². The van der Waals surface area contributed by atoms with Crippen LogP contribution in [0.3, 0.4) is 0 Å². The minimum atomic E-state index is -1.08. The molecule has 6 nitrogen and oxygen atoms in total. The number of carbonyl (C=O) groups excluding carboxylic acids is 2. The van der Waals surface area contributed by atoms with Crippen molar-refractivity contribution in [3.63, 3.8) is 0 Å². The predicted octanol–water partition coefficient (Wildman–Crippen LogP) is 5.21. The van der Waals surface area contributed by atoms with Crippen LogP contribution in [0, 0.1) is 11.6 Å². The van der Waals surface area contributed by atoms with Crippen LogP contribution in [-0.4, -0.2) is 28.9 Å². The summed E-state index contributed by atoms with van der Waals surface area (Å²) in [6, 6.07) is 14.7. The third-order valence-corrected chi connectivity index (χ3v) is 6.56. The number of anilines is 1. The van der Waals surface area contributed by atoms with Gasteiger partial charge in [0.15, 0.2) is 5.13 Å². The molecule has 2 heterocycles. The highest BCUT2D eigenvalue weighted by molar-refractivity contribution is 7.22. The molecule has 1 aliphatic heterocycles. The average molecular weight is 478 g/mol. The predicted molar refractivity (Wildman–Crippen MR) is 124 cm³/mol. The number of rotatable bonds is 4. The van der Waals surface area contributed by atoms with E-state index in [0.717, 1.165) is 23.5 Å². The van der Waals surface area contributed by atoms with Crippen LogP contribution in [0.4, 0.5) is 13.9 Å². The van der Waals surface area contributed by atoms with Crippen molar-refractivity contribution < 1.29 is 28.2 Å². The normalized spacial score (nSPS) is 17.5. The Kier molecular flexibility index (Phi) is 5.33. The van der Waals surface area contributed by atoms with Crippen molar-refractivity contribution in [1.29, 1.82) is 0 Å². The van der Waals surface area contributed by atoms with Gasteiger partial charge in [0.25, 0.3) is 5.78 Å². The van der Waals surface area contributed by atoms with Crippen LogP contribution in [-0.2, 0) is 9.59 Å². The lowest BCUT2D eigenvalue weighted by atomic mass is 9.94. The molecule has 34 heavy (non-hydrogen) atoms. The molecule has 1 aromatic heterocycles. The van der Waals surface area contributed by atoms with E-state index in [1.54, 1.807) is 24.3 Å². The number of nitrogens with zero attached hydrogens (tertiary/aromatic N) is 2. The van der Waals surface area contributed by atoms with E-state index in [1.807, 2.05) is 0 Å². The Balaban J connectivity index is 1.76. The summed E-state index contributed by atoms with van der Waals surface area (Å²) in [5, 5.41) is 11.2. The third-order valence-electron chi connectivity index (χ3n) is 5.54. The molecular formula is C25H16F2N2O4S. The first-order chi connectivity index (χ1) is 16.4. The number of benzene rings is 3.